The molecule has 3 N–H and O–H groups in total. The molecule has 0 radical (unpaired) electrons. The molecule has 0 fully saturated rings. The highest BCUT2D eigenvalue weighted by Crippen LogP contribution is 2.40. The topological polar surface area (TPSA) is 70.2 Å². The molecule has 0 saturated heterocycles. The molecule has 0 unspecified atom stereocenters. The van der Waals surface area contributed by atoms with Crippen LogP contribution >= 0.6 is 11.8 Å². The Hall–Kier alpha value is -2.47. The number of carbonyl (C=O) groups excluding carboxylic acids is 2. The SMILES string of the molecule is Cc1ccc(NC(=O)NNC(=O)CS[C@@H]2CCc3ccccc32)c(C)c1. The Labute approximate surface area is 157 Å². The van der Waals surface area contributed by atoms with E-state index < -0.39 is 6.03 Å². The van der Waals surface area contributed by atoms with Crippen molar-refractivity contribution in [1.82, 2.24) is 10.9 Å². The van der Waals surface area contributed by atoms with E-state index in [2.05, 4.69) is 34.4 Å². The summed E-state index contributed by atoms with van der Waals surface area (Å²) in [6.07, 6.45) is 2.12. The summed E-state index contributed by atoms with van der Waals surface area (Å²) in [5, 5.41) is 3.08. The lowest BCUT2D eigenvalue weighted by atomic mass is 10.1. The fourth-order valence-corrected chi connectivity index (χ4v) is 4.26. The standard InChI is InChI=1S/C20H23N3O2S/c1-13-7-9-17(14(2)11-13)21-20(25)23-22-19(24)12-26-18-10-8-15-5-3-4-6-16(15)18/h3-7,9,11,18H,8,10,12H2,1-2H3,(H,22,24)(H2,21,23,25)/t18-/m1/s1. The molecular weight excluding hydrogens is 346 g/mol. The van der Waals surface area contributed by atoms with Crippen LogP contribution in [0.2, 0.25) is 0 Å². The van der Waals surface area contributed by atoms with Gasteiger partial charge in [0.15, 0.2) is 0 Å². The smallest absolute Gasteiger partial charge is 0.306 e. The lowest BCUT2D eigenvalue weighted by Crippen LogP contribution is -2.44. The second-order valence-electron chi connectivity index (χ2n) is 6.48. The number of fused-ring (bicyclic) bond motifs is 1. The van der Waals surface area contributed by atoms with Gasteiger partial charge in [0.2, 0.25) is 5.91 Å². The van der Waals surface area contributed by atoms with Gasteiger partial charge in [0.1, 0.15) is 0 Å². The van der Waals surface area contributed by atoms with Crippen LogP contribution in [0.3, 0.4) is 0 Å². The molecule has 0 aliphatic heterocycles. The third kappa shape index (κ3) is 4.58. The highest BCUT2D eigenvalue weighted by molar-refractivity contribution is 8.00. The van der Waals surface area contributed by atoms with E-state index in [4.69, 9.17) is 0 Å². The van der Waals surface area contributed by atoms with E-state index in [1.54, 1.807) is 11.8 Å². The van der Waals surface area contributed by atoms with Crippen LogP contribution in [0.5, 0.6) is 0 Å². The fourth-order valence-electron chi connectivity index (χ4n) is 3.14. The summed E-state index contributed by atoms with van der Waals surface area (Å²) in [7, 11) is 0. The summed E-state index contributed by atoms with van der Waals surface area (Å²) in [6, 6.07) is 13.7. The molecule has 1 aliphatic rings. The van der Waals surface area contributed by atoms with Crippen LogP contribution in [0.15, 0.2) is 42.5 Å². The van der Waals surface area contributed by atoms with Gasteiger partial charge in [-0.3, -0.25) is 10.2 Å². The maximum Gasteiger partial charge on any atom is 0.337 e. The van der Waals surface area contributed by atoms with Gasteiger partial charge in [-0.25, -0.2) is 10.2 Å². The number of rotatable bonds is 4. The molecule has 1 aliphatic carbocycles. The molecule has 1 atom stereocenters. The molecule has 6 heteroatoms. The van der Waals surface area contributed by atoms with Gasteiger partial charge in [-0.2, -0.15) is 0 Å². The van der Waals surface area contributed by atoms with Gasteiger partial charge in [-0.1, -0.05) is 42.0 Å². The summed E-state index contributed by atoms with van der Waals surface area (Å²) in [5.74, 6) is 0.0956. The van der Waals surface area contributed by atoms with E-state index in [-0.39, 0.29) is 5.91 Å². The Balaban J connectivity index is 1.42. The van der Waals surface area contributed by atoms with E-state index >= 15 is 0 Å². The molecule has 26 heavy (non-hydrogen) atoms. The van der Waals surface area contributed by atoms with Crippen molar-refractivity contribution in [1.29, 1.82) is 0 Å². The largest absolute Gasteiger partial charge is 0.337 e. The molecule has 3 amide bonds. The van der Waals surface area contributed by atoms with E-state index in [0.717, 1.165) is 29.7 Å². The van der Waals surface area contributed by atoms with E-state index in [1.807, 2.05) is 38.1 Å². The van der Waals surface area contributed by atoms with Crippen molar-refractivity contribution in [3.63, 3.8) is 0 Å². The Morgan fingerprint density at radius 2 is 1.92 bits per heavy atom. The number of hydrogen-bond acceptors (Lipinski definition) is 3. The molecule has 0 spiro atoms. The first-order valence-electron chi connectivity index (χ1n) is 8.65. The molecular formula is C20H23N3O2S. The van der Waals surface area contributed by atoms with Gasteiger partial charge in [0.25, 0.3) is 0 Å². The van der Waals surface area contributed by atoms with Crippen molar-refractivity contribution in [2.24, 2.45) is 0 Å². The number of hydrogen-bond donors (Lipinski definition) is 3. The minimum Gasteiger partial charge on any atom is -0.306 e. The first kappa shape index (κ1) is 18.3. The van der Waals surface area contributed by atoms with Crippen LogP contribution in [-0.4, -0.2) is 17.7 Å². The van der Waals surface area contributed by atoms with Crippen LogP contribution < -0.4 is 16.2 Å². The fraction of sp³-hybridized carbons (Fsp3) is 0.300. The third-order valence-corrected chi connectivity index (χ3v) is 5.76. The molecule has 0 bridgehead atoms. The second-order valence-corrected chi connectivity index (χ2v) is 7.67. The first-order valence-corrected chi connectivity index (χ1v) is 9.70. The van der Waals surface area contributed by atoms with Crippen LogP contribution in [0, 0.1) is 13.8 Å². The molecule has 0 saturated carbocycles. The Kier molecular flexibility index (Phi) is 5.83. The number of anilines is 1. The zero-order valence-corrected chi connectivity index (χ0v) is 15.8. The van der Waals surface area contributed by atoms with Gasteiger partial charge in [-0.15, -0.1) is 11.8 Å². The Morgan fingerprint density at radius 1 is 1.12 bits per heavy atom. The summed E-state index contributed by atoms with van der Waals surface area (Å²) in [5.41, 5.74) is 10.4. The lowest BCUT2D eigenvalue weighted by molar-refractivity contribution is -0.119. The maximum atomic E-state index is 12.0. The number of hydrazine groups is 1. The highest BCUT2D eigenvalue weighted by Gasteiger charge is 2.22. The number of thioether (sulfide) groups is 1. The maximum absolute atomic E-state index is 12.0. The number of amides is 3. The molecule has 0 aromatic heterocycles. The van der Waals surface area contributed by atoms with Crippen molar-refractivity contribution in [3.8, 4) is 0 Å². The van der Waals surface area contributed by atoms with Crippen molar-refractivity contribution in [2.75, 3.05) is 11.1 Å². The van der Waals surface area contributed by atoms with Crippen molar-refractivity contribution in [2.45, 2.75) is 31.9 Å². The molecule has 0 heterocycles. The summed E-state index contributed by atoms with van der Waals surface area (Å²) in [4.78, 5) is 23.9. The quantitative estimate of drug-likeness (QED) is 0.717. The average molecular weight is 369 g/mol. The zero-order chi connectivity index (χ0) is 18.5. The number of benzene rings is 2. The predicted octanol–water partition coefficient (Wildman–Crippen LogP) is 3.88. The molecule has 2 aromatic carbocycles. The van der Waals surface area contributed by atoms with Gasteiger partial charge in [-0.05, 0) is 49.4 Å². The van der Waals surface area contributed by atoms with Crippen LogP contribution in [0.25, 0.3) is 0 Å². The minimum absolute atomic E-state index is 0.213. The Morgan fingerprint density at radius 3 is 2.73 bits per heavy atom. The van der Waals surface area contributed by atoms with Gasteiger partial charge < -0.3 is 5.32 Å². The lowest BCUT2D eigenvalue weighted by Gasteiger charge is -2.13. The number of urea groups is 1. The van der Waals surface area contributed by atoms with Gasteiger partial charge >= 0.3 is 6.03 Å². The Bertz CT molecular complexity index is 822. The van der Waals surface area contributed by atoms with Gasteiger partial charge in [0, 0.05) is 10.9 Å². The van der Waals surface area contributed by atoms with E-state index in [0.29, 0.717) is 11.0 Å². The molecule has 5 nitrogen and oxygen atoms in total. The van der Waals surface area contributed by atoms with Crippen LogP contribution in [-0.2, 0) is 11.2 Å². The van der Waals surface area contributed by atoms with Crippen molar-refractivity contribution < 1.29 is 9.59 Å². The summed E-state index contributed by atoms with van der Waals surface area (Å²) >= 11 is 1.61. The third-order valence-electron chi connectivity index (χ3n) is 4.44. The normalized spacial score (nSPS) is 15.2. The predicted molar refractivity (Wildman–Crippen MR) is 106 cm³/mol. The molecule has 3 rings (SSSR count). The minimum atomic E-state index is -0.457. The number of aryl methyl sites for hydroxylation is 3. The molecule has 2 aromatic rings. The first-order chi connectivity index (χ1) is 12.5. The second kappa shape index (κ2) is 8.27. The van der Waals surface area contributed by atoms with Crippen LogP contribution in [0.4, 0.5) is 10.5 Å². The van der Waals surface area contributed by atoms with E-state index in [1.165, 1.54) is 11.1 Å². The zero-order valence-electron chi connectivity index (χ0n) is 15.0. The highest BCUT2D eigenvalue weighted by atomic mass is 32.2. The van der Waals surface area contributed by atoms with Gasteiger partial charge in [0.05, 0.1) is 5.75 Å². The number of carbonyl (C=O) groups is 2. The summed E-state index contributed by atoms with van der Waals surface area (Å²) in [6.45, 7) is 3.93. The van der Waals surface area contributed by atoms with Crippen molar-refractivity contribution in [3.05, 3.63) is 64.7 Å². The summed E-state index contributed by atoms with van der Waals surface area (Å²) < 4.78 is 0. The van der Waals surface area contributed by atoms with E-state index in [9.17, 15) is 9.59 Å². The van der Waals surface area contributed by atoms with Crippen LogP contribution in [0.1, 0.15) is 33.9 Å². The number of nitrogens with one attached hydrogen (secondary N) is 3. The molecule has 136 valence electrons. The average Bonchev–Trinajstić information content (AvgIpc) is 3.04. The monoisotopic (exact) mass is 369 g/mol. The van der Waals surface area contributed by atoms with Crippen molar-refractivity contribution >= 4 is 29.4 Å².